The molecular weight excluding hydrogens is 216 g/mol. The molecule has 0 spiro atoms. The second kappa shape index (κ2) is 4.68. The van der Waals surface area contributed by atoms with Gasteiger partial charge < -0.3 is 8.85 Å². The number of para-hydroxylation sites is 1. The van der Waals surface area contributed by atoms with Crippen LogP contribution in [0.2, 0.25) is 12.1 Å². The van der Waals surface area contributed by atoms with Gasteiger partial charge in [-0.05, 0) is 6.07 Å². The van der Waals surface area contributed by atoms with Crippen molar-refractivity contribution in [1.29, 1.82) is 0 Å². The number of benzene rings is 1. The van der Waals surface area contributed by atoms with Crippen molar-refractivity contribution in [1.82, 2.24) is 0 Å². The molecule has 1 heterocycles. The summed E-state index contributed by atoms with van der Waals surface area (Å²) in [5.41, 5.74) is 1.12. The van der Waals surface area contributed by atoms with Gasteiger partial charge in [0.1, 0.15) is 5.75 Å². The summed E-state index contributed by atoms with van der Waals surface area (Å²) in [6.45, 7) is 8.20. The third-order valence-corrected chi connectivity index (χ3v) is 5.75. The highest BCUT2D eigenvalue weighted by Gasteiger charge is 2.40. The molecule has 16 heavy (non-hydrogen) atoms. The molecule has 0 saturated carbocycles. The number of allylic oxidation sites excluding steroid dienone is 2. The first-order chi connectivity index (χ1) is 7.79. The van der Waals surface area contributed by atoms with Gasteiger partial charge in [-0.25, -0.2) is 0 Å². The average molecular weight is 232 g/mol. The van der Waals surface area contributed by atoms with E-state index >= 15 is 0 Å². The van der Waals surface area contributed by atoms with Crippen LogP contribution in [0.5, 0.6) is 5.75 Å². The smallest absolute Gasteiger partial charge is 0.406 e. The summed E-state index contributed by atoms with van der Waals surface area (Å²) in [7, 11) is -2.17. The zero-order valence-electron chi connectivity index (χ0n) is 9.32. The molecular formula is C13H16O2Si. The minimum atomic E-state index is -2.17. The maximum absolute atomic E-state index is 6.07. The van der Waals surface area contributed by atoms with E-state index in [2.05, 4.69) is 13.2 Å². The van der Waals surface area contributed by atoms with Gasteiger partial charge in [-0.15, -0.1) is 13.2 Å². The first-order valence-corrected chi connectivity index (χ1v) is 7.65. The molecule has 0 N–H and O–H groups in total. The molecule has 3 heteroatoms. The lowest BCUT2D eigenvalue weighted by Gasteiger charge is -2.34. The normalized spacial score (nSPS) is 17.0. The first kappa shape index (κ1) is 11.2. The quantitative estimate of drug-likeness (QED) is 0.585. The molecule has 0 aromatic heterocycles. The van der Waals surface area contributed by atoms with E-state index in [0.717, 1.165) is 23.4 Å². The van der Waals surface area contributed by atoms with Gasteiger partial charge in [0.15, 0.2) is 0 Å². The number of rotatable bonds is 4. The summed E-state index contributed by atoms with van der Waals surface area (Å²) in [4.78, 5) is 0. The molecule has 0 saturated heterocycles. The monoisotopic (exact) mass is 232 g/mol. The van der Waals surface area contributed by atoms with Crippen molar-refractivity contribution in [2.24, 2.45) is 0 Å². The van der Waals surface area contributed by atoms with E-state index < -0.39 is 8.56 Å². The summed E-state index contributed by atoms with van der Waals surface area (Å²) < 4.78 is 12.0. The fraction of sp³-hybridized carbons (Fsp3) is 0.231. The molecule has 84 valence electrons. The van der Waals surface area contributed by atoms with Crippen LogP contribution in [0.15, 0.2) is 49.6 Å². The molecule has 0 atom stereocenters. The molecule has 1 aliphatic heterocycles. The molecule has 2 rings (SSSR count). The van der Waals surface area contributed by atoms with E-state index in [-0.39, 0.29) is 0 Å². The lowest BCUT2D eigenvalue weighted by atomic mass is 10.2. The van der Waals surface area contributed by atoms with Gasteiger partial charge in [0.2, 0.25) is 0 Å². The maximum Gasteiger partial charge on any atom is 0.406 e. The molecule has 1 aromatic carbocycles. The Kier molecular flexibility index (Phi) is 3.27. The van der Waals surface area contributed by atoms with Gasteiger partial charge in [0.05, 0.1) is 6.61 Å². The molecule has 0 fully saturated rings. The summed E-state index contributed by atoms with van der Waals surface area (Å²) in [6.07, 6.45) is 3.76. The van der Waals surface area contributed by atoms with Gasteiger partial charge in [-0.2, -0.15) is 0 Å². The van der Waals surface area contributed by atoms with Crippen molar-refractivity contribution in [2.75, 3.05) is 0 Å². The van der Waals surface area contributed by atoms with Crippen LogP contribution in [-0.4, -0.2) is 8.56 Å². The summed E-state index contributed by atoms with van der Waals surface area (Å²) >= 11 is 0. The predicted octanol–water partition coefficient (Wildman–Crippen LogP) is 3.41. The second-order valence-corrected chi connectivity index (χ2v) is 7.03. The van der Waals surface area contributed by atoms with Crippen LogP contribution in [0.4, 0.5) is 0 Å². The van der Waals surface area contributed by atoms with Crippen LogP contribution in [0.3, 0.4) is 0 Å². The average Bonchev–Trinajstić information content (AvgIpc) is 2.30. The third kappa shape index (κ3) is 2.10. The fourth-order valence-electron chi connectivity index (χ4n) is 1.89. The first-order valence-electron chi connectivity index (χ1n) is 5.42. The van der Waals surface area contributed by atoms with Crippen LogP contribution in [-0.2, 0) is 11.0 Å². The van der Waals surface area contributed by atoms with Crippen LogP contribution in [0, 0.1) is 0 Å². The van der Waals surface area contributed by atoms with E-state index in [1.807, 2.05) is 36.4 Å². The van der Waals surface area contributed by atoms with Crippen molar-refractivity contribution >= 4 is 8.56 Å². The Labute approximate surface area is 97.5 Å². The molecule has 0 aliphatic carbocycles. The standard InChI is InChI=1S/C13H16O2Si/c1-3-9-16(10-4-2)14-11-12-7-5-6-8-13(12)15-16/h3-8H,1-2,9-11H2. The number of fused-ring (bicyclic) bond motifs is 1. The van der Waals surface area contributed by atoms with Crippen LogP contribution >= 0.6 is 0 Å². The Morgan fingerprint density at radius 3 is 2.56 bits per heavy atom. The minimum absolute atomic E-state index is 0.643. The van der Waals surface area contributed by atoms with E-state index in [1.54, 1.807) is 0 Å². The van der Waals surface area contributed by atoms with Crippen LogP contribution in [0.25, 0.3) is 0 Å². The third-order valence-electron chi connectivity index (χ3n) is 2.67. The van der Waals surface area contributed by atoms with Gasteiger partial charge in [-0.1, -0.05) is 30.4 Å². The van der Waals surface area contributed by atoms with Gasteiger partial charge >= 0.3 is 8.56 Å². The van der Waals surface area contributed by atoms with Crippen molar-refractivity contribution in [3.63, 3.8) is 0 Å². The van der Waals surface area contributed by atoms with Crippen molar-refractivity contribution < 1.29 is 8.85 Å². The van der Waals surface area contributed by atoms with E-state index in [1.165, 1.54) is 0 Å². The Balaban J connectivity index is 2.26. The molecule has 0 bridgehead atoms. The fourth-order valence-corrected chi connectivity index (χ4v) is 4.41. The van der Waals surface area contributed by atoms with Gasteiger partial charge in [0.25, 0.3) is 0 Å². The van der Waals surface area contributed by atoms with E-state index in [9.17, 15) is 0 Å². The zero-order valence-corrected chi connectivity index (χ0v) is 10.3. The lowest BCUT2D eigenvalue weighted by Crippen LogP contribution is -2.46. The molecule has 0 amide bonds. The largest absolute Gasteiger partial charge is 0.519 e. The Bertz CT molecular complexity index is 391. The summed E-state index contributed by atoms with van der Waals surface area (Å²) in [6, 6.07) is 9.63. The van der Waals surface area contributed by atoms with Gasteiger partial charge in [-0.3, -0.25) is 0 Å². The van der Waals surface area contributed by atoms with Crippen molar-refractivity contribution in [2.45, 2.75) is 18.7 Å². The van der Waals surface area contributed by atoms with Crippen molar-refractivity contribution in [3.05, 3.63) is 55.1 Å². The zero-order chi connectivity index (χ0) is 11.4. The second-order valence-electron chi connectivity index (χ2n) is 3.89. The van der Waals surface area contributed by atoms with E-state index in [0.29, 0.717) is 6.61 Å². The topological polar surface area (TPSA) is 18.5 Å². The van der Waals surface area contributed by atoms with Crippen LogP contribution < -0.4 is 4.43 Å². The highest BCUT2D eigenvalue weighted by atomic mass is 28.4. The highest BCUT2D eigenvalue weighted by molar-refractivity contribution is 6.69. The number of hydrogen-bond donors (Lipinski definition) is 0. The highest BCUT2D eigenvalue weighted by Crippen LogP contribution is 2.33. The minimum Gasteiger partial charge on any atom is -0.519 e. The van der Waals surface area contributed by atoms with Crippen molar-refractivity contribution in [3.8, 4) is 5.75 Å². The summed E-state index contributed by atoms with van der Waals surface area (Å²) in [5, 5.41) is 0. The molecule has 0 radical (unpaired) electrons. The Morgan fingerprint density at radius 2 is 1.88 bits per heavy atom. The maximum atomic E-state index is 6.07. The van der Waals surface area contributed by atoms with Crippen LogP contribution in [0.1, 0.15) is 5.56 Å². The molecule has 1 aromatic rings. The Morgan fingerprint density at radius 1 is 1.19 bits per heavy atom. The van der Waals surface area contributed by atoms with Gasteiger partial charge in [0, 0.05) is 17.7 Å². The predicted molar refractivity (Wildman–Crippen MR) is 67.6 cm³/mol. The summed E-state index contributed by atoms with van der Waals surface area (Å²) in [5.74, 6) is 0.962. The lowest BCUT2D eigenvalue weighted by molar-refractivity contribution is 0.204. The molecule has 1 aliphatic rings. The number of hydrogen-bond acceptors (Lipinski definition) is 2. The molecule has 0 unspecified atom stereocenters. The molecule has 2 nitrogen and oxygen atoms in total. The van der Waals surface area contributed by atoms with E-state index in [4.69, 9.17) is 8.85 Å². The SMILES string of the molecule is C=CC[Si]1(CC=C)OCc2ccccc2O1. The Hall–Kier alpha value is -1.32.